The molecule has 0 bridgehead atoms. The molecule has 0 aliphatic carbocycles. The van der Waals surface area contributed by atoms with E-state index < -0.39 is 0 Å². The van der Waals surface area contributed by atoms with Gasteiger partial charge in [-0.05, 0) is 43.0 Å². The number of hydrogen-bond acceptors (Lipinski definition) is 1. The molecule has 82 valence electrons. The first-order valence-corrected chi connectivity index (χ1v) is 6.43. The number of rotatable bonds is 3. The van der Waals surface area contributed by atoms with E-state index in [9.17, 15) is 0 Å². The van der Waals surface area contributed by atoms with E-state index in [4.69, 9.17) is 0 Å². The molecule has 0 spiro atoms. The van der Waals surface area contributed by atoms with Crippen LogP contribution in [0.4, 0.5) is 0 Å². The zero-order chi connectivity index (χ0) is 10.9. The summed E-state index contributed by atoms with van der Waals surface area (Å²) in [6, 6.07) is 8.70. The Morgan fingerprint density at radius 1 is 1.47 bits per heavy atom. The van der Waals surface area contributed by atoms with Gasteiger partial charge in [0.2, 0.25) is 0 Å². The molecule has 0 radical (unpaired) electrons. The van der Waals surface area contributed by atoms with Crippen molar-refractivity contribution in [3.05, 3.63) is 34.3 Å². The van der Waals surface area contributed by atoms with Gasteiger partial charge in [0.15, 0.2) is 0 Å². The third kappa shape index (κ3) is 2.26. The Kier molecular flexibility index (Phi) is 3.17. The molecule has 1 aromatic rings. The maximum atomic E-state index is 3.61. The Morgan fingerprint density at radius 2 is 2.20 bits per heavy atom. The minimum Gasteiger partial charge on any atom is -0.307 e. The Morgan fingerprint density at radius 3 is 2.67 bits per heavy atom. The molecule has 1 aliphatic rings. The van der Waals surface area contributed by atoms with Gasteiger partial charge in [0.1, 0.15) is 0 Å². The molecular weight excluding hydrogens is 250 g/mol. The molecule has 1 fully saturated rings. The standard InChI is InChI=1S/C13H18BrN/c1-10(2)9-13(6-7-15-13)11-4-3-5-12(14)8-11/h3-5,8,10,15H,6-7,9H2,1-2H3. The lowest BCUT2D eigenvalue weighted by Gasteiger charge is -2.45. The van der Waals surface area contributed by atoms with E-state index in [0.717, 1.165) is 12.5 Å². The SMILES string of the molecule is CC(C)CC1(c2cccc(Br)c2)CCN1. The van der Waals surface area contributed by atoms with Crippen molar-refractivity contribution >= 4 is 15.9 Å². The molecule has 2 rings (SSSR count). The summed E-state index contributed by atoms with van der Waals surface area (Å²) >= 11 is 3.55. The van der Waals surface area contributed by atoms with Crippen LogP contribution in [0.3, 0.4) is 0 Å². The Balaban J connectivity index is 2.26. The van der Waals surface area contributed by atoms with Crippen LogP contribution in [-0.4, -0.2) is 6.54 Å². The molecule has 2 heteroatoms. The summed E-state index contributed by atoms with van der Waals surface area (Å²) in [5.41, 5.74) is 1.68. The lowest BCUT2D eigenvalue weighted by molar-refractivity contribution is 0.170. The van der Waals surface area contributed by atoms with E-state index in [1.165, 1.54) is 22.9 Å². The Labute approximate surface area is 100 Å². The van der Waals surface area contributed by atoms with Crippen LogP contribution in [0.2, 0.25) is 0 Å². The van der Waals surface area contributed by atoms with Gasteiger partial charge in [0.25, 0.3) is 0 Å². The average Bonchev–Trinajstić information content (AvgIpc) is 2.11. The second-order valence-electron chi connectivity index (χ2n) is 4.87. The van der Waals surface area contributed by atoms with Gasteiger partial charge in [-0.3, -0.25) is 0 Å². The summed E-state index contributed by atoms with van der Waals surface area (Å²) in [7, 11) is 0. The highest BCUT2D eigenvalue weighted by atomic mass is 79.9. The lowest BCUT2D eigenvalue weighted by Crippen LogP contribution is -2.54. The largest absolute Gasteiger partial charge is 0.307 e. The van der Waals surface area contributed by atoms with Gasteiger partial charge in [-0.25, -0.2) is 0 Å². The first-order chi connectivity index (χ1) is 7.12. The summed E-state index contributed by atoms with van der Waals surface area (Å²) in [5.74, 6) is 0.733. The molecule has 1 unspecified atom stereocenters. The van der Waals surface area contributed by atoms with Crippen LogP contribution in [0, 0.1) is 5.92 Å². The molecule has 1 saturated heterocycles. The second kappa shape index (κ2) is 4.26. The number of benzene rings is 1. The van der Waals surface area contributed by atoms with E-state index in [-0.39, 0.29) is 5.54 Å². The van der Waals surface area contributed by atoms with Gasteiger partial charge < -0.3 is 5.32 Å². The minimum atomic E-state index is 0.248. The maximum Gasteiger partial charge on any atom is 0.0449 e. The number of halogens is 1. The van der Waals surface area contributed by atoms with Crippen LogP contribution >= 0.6 is 15.9 Å². The normalized spacial score (nSPS) is 25.3. The molecule has 15 heavy (non-hydrogen) atoms. The van der Waals surface area contributed by atoms with Crippen molar-refractivity contribution in [1.82, 2.24) is 5.32 Å². The van der Waals surface area contributed by atoms with Crippen LogP contribution < -0.4 is 5.32 Å². The average molecular weight is 268 g/mol. The highest BCUT2D eigenvalue weighted by molar-refractivity contribution is 9.10. The van der Waals surface area contributed by atoms with Crippen molar-refractivity contribution in [2.45, 2.75) is 32.2 Å². The van der Waals surface area contributed by atoms with Crippen LogP contribution in [0.25, 0.3) is 0 Å². The third-order valence-electron chi connectivity index (χ3n) is 3.15. The molecule has 1 aliphatic heterocycles. The molecule has 0 saturated carbocycles. The van der Waals surface area contributed by atoms with Crippen LogP contribution in [0.15, 0.2) is 28.7 Å². The Hall–Kier alpha value is -0.340. The quantitative estimate of drug-likeness (QED) is 0.881. The zero-order valence-corrected chi connectivity index (χ0v) is 11.0. The molecule has 0 amide bonds. The molecule has 1 atom stereocenters. The molecule has 1 N–H and O–H groups in total. The van der Waals surface area contributed by atoms with E-state index in [0.29, 0.717) is 0 Å². The van der Waals surface area contributed by atoms with E-state index >= 15 is 0 Å². The summed E-state index contributed by atoms with van der Waals surface area (Å²) < 4.78 is 1.18. The molecule has 1 aromatic carbocycles. The minimum absolute atomic E-state index is 0.248. The van der Waals surface area contributed by atoms with Gasteiger partial charge in [-0.2, -0.15) is 0 Å². The van der Waals surface area contributed by atoms with Crippen molar-refractivity contribution < 1.29 is 0 Å². The van der Waals surface area contributed by atoms with Crippen molar-refractivity contribution in [2.75, 3.05) is 6.54 Å². The summed E-state index contributed by atoms with van der Waals surface area (Å²) in [6.45, 7) is 5.73. The molecule has 1 nitrogen and oxygen atoms in total. The Bertz CT molecular complexity index is 342. The van der Waals surface area contributed by atoms with Crippen LogP contribution in [-0.2, 0) is 5.54 Å². The summed E-state index contributed by atoms with van der Waals surface area (Å²) in [5, 5.41) is 3.61. The predicted octanol–water partition coefficient (Wildman–Crippen LogP) is 3.68. The number of hydrogen-bond donors (Lipinski definition) is 1. The first-order valence-electron chi connectivity index (χ1n) is 5.63. The first kappa shape index (κ1) is 11.2. The van der Waals surface area contributed by atoms with E-state index in [1.807, 2.05) is 0 Å². The van der Waals surface area contributed by atoms with Gasteiger partial charge in [-0.15, -0.1) is 0 Å². The fraction of sp³-hybridized carbons (Fsp3) is 0.538. The molecule has 0 aromatic heterocycles. The smallest absolute Gasteiger partial charge is 0.0449 e. The van der Waals surface area contributed by atoms with Gasteiger partial charge in [0.05, 0.1) is 0 Å². The van der Waals surface area contributed by atoms with Gasteiger partial charge in [0, 0.05) is 10.0 Å². The monoisotopic (exact) mass is 267 g/mol. The van der Waals surface area contributed by atoms with E-state index in [2.05, 4.69) is 59.4 Å². The lowest BCUT2D eigenvalue weighted by atomic mass is 9.75. The zero-order valence-electron chi connectivity index (χ0n) is 9.39. The topological polar surface area (TPSA) is 12.0 Å². The van der Waals surface area contributed by atoms with Crippen molar-refractivity contribution in [3.8, 4) is 0 Å². The summed E-state index contributed by atoms with van der Waals surface area (Å²) in [6.07, 6.45) is 2.49. The van der Waals surface area contributed by atoms with Crippen molar-refractivity contribution in [3.63, 3.8) is 0 Å². The van der Waals surface area contributed by atoms with Gasteiger partial charge in [-0.1, -0.05) is 41.9 Å². The predicted molar refractivity (Wildman–Crippen MR) is 67.9 cm³/mol. The van der Waals surface area contributed by atoms with Crippen LogP contribution in [0.1, 0.15) is 32.3 Å². The fourth-order valence-corrected chi connectivity index (χ4v) is 2.85. The van der Waals surface area contributed by atoms with Gasteiger partial charge >= 0.3 is 0 Å². The van der Waals surface area contributed by atoms with Crippen LogP contribution in [0.5, 0.6) is 0 Å². The fourth-order valence-electron chi connectivity index (χ4n) is 2.45. The third-order valence-corrected chi connectivity index (χ3v) is 3.64. The second-order valence-corrected chi connectivity index (χ2v) is 5.78. The number of nitrogens with one attached hydrogen (secondary N) is 1. The molecular formula is C13H18BrN. The highest BCUT2D eigenvalue weighted by Crippen LogP contribution is 2.37. The maximum absolute atomic E-state index is 3.61. The molecule has 1 heterocycles. The van der Waals surface area contributed by atoms with Crippen molar-refractivity contribution in [1.29, 1.82) is 0 Å². The highest BCUT2D eigenvalue weighted by Gasteiger charge is 2.38. The van der Waals surface area contributed by atoms with Crippen molar-refractivity contribution in [2.24, 2.45) is 5.92 Å². The summed E-state index contributed by atoms with van der Waals surface area (Å²) in [4.78, 5) is 0. The van der Waals surface area contributed by atoms with E-state index in [1.54, 1.807) is 0 Å².